The number of nitrogens with zero attached hydrogens (tertiary/aromatic N) is 1. The van der Waals surface area contributed by atoms with E-state index in [0.717, 1.165) is 4.90 Å². The molecule has 0 aromatic carbocycles. The smallest absolute Gasteiger partial charge is 0.209 e. The highest BCUT2D eigenvalue weighted by molar-refractivity contribution is 5.69. The third kappa shape index (κ3) is 3.14. The molecule has 1 amide bonds. The highest BCUT2D eigenvalue weighted by Crippen LogP contribution is 1.68. The van der Waals surface area contributed by atoms with E-state index in [1.165, 1.54) is 7.05 Å². The minimum Gasteiger partial charge on any atom is -0.548 e. The number of carboxylic acid groups (broad SMARTS) is 1. The number of aliphatic carboxylic acids is 1. The second-order valence-corrected chi connectivity index (χ2v) is 1.39. The van der Waals surface area contributed by atoms with Gasteiger partial charge in [0.05, 0.1) is 12.5 Å². The van der Waals surface area contributed by atoms with Crippen LogP contribution in [0.5, 0.6) is 0 Å². The van der Waals surface area contributed by atoms with Crippen molar-refractivity contribution in [2.75, 3.05) is 13.6 Å². The lowest BCUT2D eigenvalue weighted by atomic mass is 10.6. The number of rotatable bonds is 3. The molecular formula is C4H6NO3-. The van der Waals surface area contributed by atoms with Gasteiger partial charge in [0.25, 0.3) is 0 Å². The summed E-state index contributed by atoms with van der Waals surface area (Å²) < 4.78 is 0. The zero-order valence-corrected chi connectivity index (χ0v) is 4.46. The Kier molecular flexibility index (Phi) is 2.61. The molecule has 46 valence electrons. The Morgan fingerprint density at radius 3 is 2.50 bits per heavy atom. The van der Waals surface area contributed by atoms with E-state index in [1.54, 1.807) is 0 Å². The first kappa shape index (κ1) is 6.94. The number of hydrogen-bond donors (Lipinski definition) is 0. The lowest BCUT2D eigenvalue weighted by Crippen LogP contribution is -2.35. The van der Waals surface area contributed by atoms with E-state index in [4.69, 9.17) is 0 Å². The number of amides is 1. The normalized spacial score (nSPS) is 8.12. The Morgan fingerprint density at radius 2 is 2.38 bits per heavy atom. The molecule has 0 aliphatic rings. The van der Waals surface area contributed by atoms with Crippen molar-refractivity contribution in [3.05, 3.63) is 0 Å². The van der Waals surface area contributed by atoms with Crippen molar-refractivity contribution in [1.29, 1.82) is 0 Å². The van der Waals surface area contributed by atoms with Gasteiger partial charge in [-0.2, -0.15) is 0 Å². The Balaban J connectivity index is 3.38. The first-order valence-electron chi connectivity index (χ1n) is 2.02. The van der Waals surface area contributed by atoms with E-state index >= 15 is 0 Å². The molecule has 8 heavy (non-hydrogen) atoms. The molecule has 0 saturated carbocycles. The highest BCUT2D eigenvalue weighted by Gasteiger charge is 1.89. The molecule has 0 aromatic heterocycles. The minimum absolute atomic E-state index is 0.344. The monoisotopic (exact) mass is 116 g/mol. The van der Waals surface area contributed by atoms with E-state index in [2.05, 4.69) is 0 Å². The van der Waals surface area contributed by atoms with Crippen LogP contribution in [0.15, 0.2) is 0 Å². The third-order valence-corrected chi connectivity index (χ3v) is 0.558. The van der Waals surface area contributed by atoms with Crippen molar-refractivity contribution in [2.24, 2.45) is 0 Å². The Bertz CT molecular complexity index is 101. The topological polar surface area (TPSA) is 60.4 Å². The van der Waals surface area contributed by atoms with Gasteiger partial charge in [0.15, 0.2) is 0 Å². The number of hydrogen-bond acceptors (Lipinski definition) is 3. The van der Waals surface area contributed by atoms with Gasteiger partial charge >= 0.3 is 0 Å². The molecule has 0 atom stereocenters. The summed E-state index contributed by atoms with van der Waals surface area (Å²) in [5.41, 5.74) is 0. The predicted octanol–water partition coefficient (Wildman–Crippen LogP) is -2.18. The molecule has 0 aliphatic heterocycles. The molecule has 0 bridgehead atoms. The summed E-state index contributed by atoms with van der Waals surface area (Å²) in [4.78, 5) is 20.3. The Hall–Kier alpha value is -1.06. The van der Waals surface area contributed by atoms with Gasteiger partial charge in [-0.05, 0) is 0 Å². The van der Waals surface area contributed by atoms with E-state index in [9.17, 15) is 14.7 Å². The van der Waals surface area contributed by atoms with Crippen LogP contribution in [-0.2, 0) is 9.59 Å². The van der Waals surface area contributed by atoms with Crippen LogP contribution in [0.3, 0.4) is 0 Å². The van der Waals surface area contributed by atoms with Crippen molar-refractivity contribution in [1.82, 2.24) is 4.90 Å². The van der Waals surface area contributed by atoms with E-state index in [-0.39, 0.29) is 6.54 Å². The lowest BCUT2D eigenvalue weighted by molar-refractivity contribution is -0.305. The summed E-state index contributed by atoms with van der Waals surface area (Å²) in [5.74, 6) is -1.25. The second-order valence-electron chi connectivity index (χ2n) is 1.39. The van der Waals surface area contributed by atoms with Crippen molar-refractivity contribution in [2.45, 2.75) is 0 Å². The first-order chi connectivity index (χ1) is 3.66. The second kappa shape index (κ2) is 3.01. The summed E-state index contributed by atoms with van der Waals surface area (Å²) in [7, 11) is 1.36. The maximum atomic E-state index is 9.68. The molecule has 0 N–H and O–H groups in total. The maximum Gasteiger partial charge on any atom is 0.209 e. The average molecular weight is 116 g/mol. The van der Waals surface area contributed by atoms with Crippen LogP contribution < -0.4 is 5.11 Å². The van der Waals surface area contributed by atoms with Gasteiger partial charge in [-0.1, -0.05) is 0 Å². The summed E-state index contributed by atoms with van der Waals surface area (Å²) in [6, 6.07) is 0. The van der Waals surface area contributed by atoms with Gasteiger partial charge < -0.3 is 14.8 Å². The molecule has 4 heteroatoms. The number of carboxylic acids is 1. The molecule has 0 saturated heterocycles. The summed E-state index contributed by atoms with van der Waals surface area (Å²) in [6.45, 7) is -0.344. The summed E-state index contributed by atoms with van der Waals surface area (Å²) in [6.07, 6.45) is 0.426. The predicted molar refractivity (Wildman–Crippen MR) is 23.7 cm³/mol. The van der Waals surface area contributed by atoms with Gasteiger partial charge in [-0.3, -0.25) is 4.79 Å². The number of carbonyl (C=O) groups excluding carboxylic acids is 2. The zero-order chi connectivity index (χ0) is 6.57. The standard InChI is InChI=1S/C4H7NO3/c1-5(3-6)2-4(7)8/h3H,2H2,1H3,(H,7,8)/p-1. The van der Waals surface area contributed by atoms with Gasteiger partial charge in [0.2, 0.25) is 6.41 Å². The molecule has 0 aliphatic carbocycles. The Morgan fingerprint density at radius 1 is 1.88 bits per heavy atom. The van der Waals surface area contributed by atoms with Gasteiger partial charge in [-0.15, -0.1) is 0 Å². The number of likely N-dealkylation sites (N-methyl/N-ethyl adjacent to an activating group) is 1. The Labute approximate surface area is 46.7 Å². The SMILES string of the molecule is CN(C=O)CC(=O)[O-]. The molecular weight excluding hydrogens is 110 g/mol. The molecule has 0 fully saturated rings. The van der Waals surface area contributed by atoms with E-state index < -0.39 is 5.97 Å². The molecule has 0 radical (unpaired) electrons. The first-order valence-corrected chi connectivity index (χ1v) is 2.02. The van der Waals surface area contributed by atoms with Crippen LogP contribution in [0.1, 0.15) is 0 Å². The number of carbonyl (C=O) groups is 2. The van der Waals surface area contributed by atoms with Crippen LogP contribution in [0.25, 0.3) is 0 Å². The van der Waals surface area contributed by atoms with Gasteiger partial charge in [-0.25, -0.2) is 0 Å². The van der Waals surface area contributed by atoms with Gasteiger partial charge in [0.1, 0.15) is 0 Å². The zero-order valence-electron chi connectivity index (χ0n) is 4.46. The van der Waals surface area contributed by atoms with Crippen LogP contribution >= 0.6 is 0 Å². The lowest BCUT2D eigenvalue weighted by Gasteiger charge is -2.09. The maximum absolute atomic E-state index is 9.68. The van der Waals surface area contributed by atoms with Crippen molar-refractivity contribution in [3.8, 4) is 0 Å². The fourth-order valence-corrected chi connectivity index (χ4v) is 0.241. The van der Waals surface area contributed by atoms with E-state index in [0.29, 0.717) is 6.41 Å². The van der Waals surface area contributed by atoms with Crippen molar-refractivity contribution in [3.63, 3.8) is 0 Å². The molecule has 0 spiro atoms. The van der Waals surface area contributed by atoms with Crippen LogP contribution in [0, 0.1) is 0 Å². The summed E-state index contributed by atoms with van der Waals surface area (Å²) in [5, 5.41) is 9.66. The largest absolute Gasteiger partial charge is 0.548 e. The molecule has 0 heterocycles. The molecule has 0 aromatic rings. The molecule has 4 nitrogen and oxygen atoms in total. The van der Waals surface area contributed by atoms with Gasteiger partial charge in [0, 0.05) is 7.05 Å². The van der Waals surface area contributed by atoms with Crippen molar-refractivity contribution < 1.29 is 14.7 Å². The highest BCUT2D eigenvalue weighted by atomic mass is 16.4. The van der Waals surface area contributed by atoms with Crippen molar-refractivity contribution >= 4 is 12.4 Å². The fraction of sp³-hybridized carbons (Fsp3) is 0.500. The molecule has 0 unspecified atom stereocenters. The van der Waals surface area contributed by atoms with Crippen LogP contribution in [0.4, 0.5) is 0 Å². The van der Waals surface area contributed by atoms with Crippen LogP contribution in [-0.4, -0.2) is 30.9 Å². The quantitative estimate of drug-likeness (QED) is 0.394. The fourth-order valence-electron chi connectivity index (χ4n) is 0.241. The molecule has 0 rings (SSSR count). The minimum atomic E-state index is -1.25. The van der Waals surface area contributed by atoms with Crippen LogP contribution in [0.2, 0.25) is 0 Å². The average Bonchev–Trinajstić information content (AvgIpc) is 1.65. The summed E-state index contributed by atoms with van der Waals surface area (Å²) >= 11 is 0. The van der Waals surface area contributed by atoms with E-state index in [1.807, 2.05) is 0 Å². The third-order valence-electron chi connectivity index (χ3n) is 0.558.